The fraction of sp³-hybridized carbons (Fsp3) is 0.308. The van der Waals surface area contributed by atoms with Crippen LogP contribution >= 0.6 is 0 Å². The number of rotatable bonds is 8. The van der Waals surface area contributed by atoms with Crippen molar-refractivity contribution in [3.8, 4) is 0 Å². The molecule has 3 aromatic rings. The lowest BCUT2D eigenvalue weighted by Crippen LogP contribution is -2.34. The minimum Gasteiger partial charge on any atom is -0.478 e. The summed E-state index contributed by atoms with van der Waals surface area (Å²) in [5.41, 5.74) is 5.54. The molecule has 35 heavy (non-hydrogen) atoms. The number of fused-ring (bicyclic) bond motifs is 1. The summed E-state index contributed by atoms with van der Waals surface area (Å²) < 4.78 is 37.4. The fourth-order valence-electron chi connectivity index (χ4n) is 4.29. The third-order valence-electron chi connectivity index (χ3n) is 6.24. The smallest absolute Gasteiger partial charge is 0.389 e. The number of carboxylic acid groups (broad SMARTS) is 1. The van der Waals surface area contributed by atoms with E-state index >= 15 is 0 Å². The summed E-state index contributed by atoms with van der Waals surface area (Å²) in [6.45, 7) is 1.30. The van der Waals surface area contributed by atoms with Gasteiger partial charge < -0.3 is 20.6 Å². The van der Waals surface area contributed by atoms with Gasteiger partial charge in [0.2, 0.25) is 0 Å². The van der Waals surface area contributed by atoms with Crippen LogP contribution in [0.5, 0.6) is 0 Å². The molecule has 0 radical (unpaired) electrons. The van der Waals surface area contributed by atoms with Crippen LogP contribution in [0, 0.1) is 0 Å². The standard InChI is InChI=1S/C26H27F3N4O2/c1-33(19-4-2-17(3-5-19)8-11-26(27,28)29)20-6-7-21-18(14-20)9-13-31-24(21)16-32-23-15-30-12-10-22(23)25(34)35/h2-7,10,12,14-15,24,31-32H,8-9,11,13,16H2,1H3,(H,34,35)/t24-/m0/s1. The Bertz CT molecular complexity index is 1180. The molecule has 0 unspecified atom stereocenters. The third-order valence-corrected chi connectivity index (χ3v) is 6.24. The molecule has 1 aromatic heterocycles. The molecule has 1 aliphatic heterocycles. The number of hydrogen-bond donors (Lipinski definition) is 3. The number of hydrogen-bond acceptors (Lipinski definition) is 5. The Labute approximate surface area is 201 Å². The van der Waals surface area contributed by atoms with Crippen molar-refractivity contribution in [2.24, 2.45) is 0 Å². The van der Waals surface area contributed by atoms with Gasteiger partial charge in [-0.25, -0.2) is 4.79 Å². The van der Waals surface area contributed by atoms with Crippen molar-refractivity contribution in [2.45, 2.75) is 31.5 Å². The van der Waals surface area contributed by atoms with Gasteiger partial charge in [0.05, 0.1) is 17.4 Å². The van der Waals surface area contributed by atoms with Crippen LogP contribution in [0.3, 0.4) is 0 Å². The number of nitrogens with zero attached hydrogens (tertiary/aromatic N) is 2. The van der Waals surface area contributed by atoms with E-state index in [9.17, 15) is 23.1 Å². The number of alkyl halides is 3. The van der Waals surface area contributed by atoms with Gasteiger partial charge in [0.25, 0.3) is 0 Å². The van der Waals surface area contributed by atoms with Crippen LogP contribution in [0.4, 0.5) is 30.2 Å². The SMILES string of the molecule is CN(c1ccc(CCC(F)(F)F)cc1)c1ccc2c(c1)CCN[C@H]2CNc1cnccc1C(=O)O. The lowest BCUT2D eigenvalue weighted by atomic mass is 9.93. The second-order valence-electron chi connectivity index (χ2n) is 8.59. The zero-order valence-corrected chi connectivity index (χ0v) is 19.3. The molecule has 184 valence electrons. The Morgan fingerprint density at radius 1 is 1.17 bits per heavy atom. The van der Waals surface area contributed by atoms with E-state index < -0.39 is 18.6 Å². The van der Waals surface area contributed by atoms with Gasteiger partial charge >= 0.3 is 12.1 Å². The summed E-state index contributed by atoms with van der Waals surface area (Å²) in [5, 5.41) is 16.1. The predicted octanol–water partition coefficient (Wildman–Crippen LogP) is 5.34. The number of halogens is 3. The van der Waals surface area contributed by atoms with E-state index in [4.69, 9.17) is 0 Å². The molecule has 0 fully saturated rings. The zero-order chi connectivity index (χ0) is 25.0. The number of carboxylic acids is 1. The summed E-state index contributed by atoms with van der Waals surface area (Å²) in [7, 11) is 1.93. The molecule has 9 heteroatoms. The van der Waals surface area contributed by atoms with Crippen molar-refractivity contribution < 1.29 is 23.1 Å². The second-order valence-corrected chi connectivity index (χ2v) is 8.59. The summed E-state index contributed by atoms with van der Waals surface area (Å²) >= 11 is 0. The minimum atomic E-state index is -4.16. The van der Waals surface area contributed by atoms with Crippen LogP contribution in [0.25, 0.3) is 0 Å². The average Bonchev–Trinajstić information content (AvgIpc) is 2.85. The molecule has 0 saturated carbocycles. The molecule has 0 bridgehead atoms. The number of nitrogens with one attached hydrogen (secondary N) is 2. The van der Waals surface area contributed by atoms with Gasteiger partial charge in [-0.2, -0.15) is 13.2 Å². The average molecular weight is 485 g/mol. The largest absolute Gasteiger partial charge is 0.478 e. The Morgan fingerprint density at radius 3 is 2.63 bits per heavy atom. The molecule has 0 aliphatic carbocycles. The first-order chi connectivity index (χ1) is 16.7. The second kappa shape index (κ2) is 10.4. The van der Waals surface area contributed by atoms with Crippen LogP contribution in [-0.2, 0) is 12.8 Å². The Hall–Kier alpha value is -3.59. The van der Waals surface area contributed by atoms with Gasteiger partial charge in [-0.05, 0) is 66.4 Å². The van der Waals surface area contributed by atoms with E-state index in [-0.39, 0.29) is 18.0 Å². The molecule has 6 nitrogen and oxygen atoms in total. The molecule has 1 atom stereocenters. The maximum Gasteiger partial charge on any atom is 0.389 e. The highest BCUT2D eigenvalue weighted by atomic mass is 19.4. The topological polar surface area (TPSA) is 77.5 Å². The highest BCUT2D eigenvalue weighted by Crippen LogP contribution is 2.31. The van der Waals surface area contributed by atoms with Crippen molar-refractivity contribution in [3.63, 3.8) is 0 Å². The van der Waals surface area contributed by atoms with E-state index in [0.29, 0.717) is 17.8 Å². The van der Waals surface area contributed by atoms with Crippen LogP contribution in [0.15, 0.2) is 60.9 Å². The van der Waals surface area contributed by atoms with Crippen molar-refractivity contribution in [1.29, 1.82) is 0 Å². The molecule has 4 rings (SSSR count). The van der Waals surface area contributed by atoms with Gasteiger partial charge in [0.1, 0.15) is 0 Å². The number of carbonyl (C=O) groups is 1. The fourth-order valence-corrected chi connectivity index (χ4v) is 4.29. The number of anilines is 3. The van der Waals surface area contributed by atoms with Gasteiger partial charge in [0.15, 0.2) is 0 Å². The first-order valence-electron chi connectivity index (χ1n) is 11.4. The van der Waals surface area contributed by atoms with Gasteiger partial charge in [-0.15, -0.1) is 0 Å². The minimum absolute atomic E-state index is 0.00729. The van der Waals surface area contributed by atoms with Crippen molar-refractivity contribution in [1.82, 2.24) is 10.3 Å². The Morgan fingerprint density at radius 2 is 1.91 bits per heavy atom. The lowest BCUT2D eigenvalue weighted by molar-refractivity contribution is -0.134. The number of aromatic nitrogens is 1. The molecule has 1 aliphatic rings. The molecule has 2 heterocycles. The molecule has 3 N–H and O–H groups in total. The number of aryl methyl sites for hydroxylation is 1. The lowest BCUT2D eigenvalue weighted by Gasteiger charge is -2.29. The van der Waals surface area contributed by atoms with E-state index in [2.05, 4.69) is 27.8 Å². The monoisotopic (exact) mass is 484 g/mol. The van der Waals surface area contributed by atoms with E-state index in [1.165, 1.54) is 24.0 Å². The molecule has 2 aromatic carbocycles. The molecule has 0 saturated heterocycles. The van der Waals surface area contributed by atoms with Gasteiger partial charge in [-0.1, -0.05) is 18.2 Å². The van der Waals surface area contributed by atoms with E-state index in [1.807, 2.05) is 30.1 Å². The highest BCUT2D eigenvalue weighted by Gasteiger charge is 2.26. The van der Waals surface area contributed by atoms with Crippen LogP contribution in [0.1, 0.15) is 39.5 Å². The van der Waals surface area contributed by atoms with Crippen molar-refractivity contribution in [3.05, 3.63) is 83.2 Å². The summed E-state index contributed by atoms with van der Waals surface area (Å²) in [4.78, 5) is 17.5. The summed E-state index contributed by atoms with van der Waals surface area (Å²) in [6.07, 6.45) is -1.18. The summed E-state index contributed by atoms with van der Waals surface area (Å²) in [6, 6.07) is 14.9. The van der Waals surface area contributed by atoms with Gasteiger partial charge in [-0.3, -0.25) is 4.98 Å². The predicted molar refractivity (Wildman–Crippen MR) is 129 cm³/mol. The molecular weight excluding hydrogens is 457 g/mol. The maximum absolute atomic E-state index is 12.5. The number of aromatic carboxylic acids is 1. The Balaban J connectivity index is 1.45. The molecular formula is C26H27F3N4O2. The first-order valence-corrected chi connectivity index (χ1v) is 11.4. The first kappa shape index (κ1) is 24.5. The van der Waals surface area contributed by atoms with Crippen molar-refractivity contribution in [2.75, 3.05) is 30.4 Å². The van der Waals surface area contributed by atoms with Crippen LogP contribution < -0.4 is 15.5 Å². The maximum atomic E-state index is 12.5. The third kappa shape index (κ3) is 6.10. The Kier molecular flexibility index (Phi) is 7.25. The number of benzene rings is 2. The van der Waals surface area contributed by atoms with E-state index in [0.717, 1.165) is 29.9 Å². The molecule has 0 amide bonds. The normalized spacial score (nSPS) is 15.4. The van der Waals surface area contributed by atoms with Crippen LogP contribution in [0.2, 0.25) is 0 Å². The van der Waals surface area contributed by atoms with Gasteiger partial charge in [0, 0.05) is 43.6 Å². The number of pyridine rings is 1. The summed E-state index contributed by atoms with van der Waals surface area (Å²) in [5.74, 6) is -1.01. The zero-order valence-electron chi connectivity index (χ0n) is 19.3. The van der Waals surface area contributed by atoms with Crippen molar-refractivity contribution >= 4 is 23.0 Å². The highest BCUT2D eigenvalue weighted by molar-refractivity contribution is 5.93. The quantitative estimate of drug-likeness (QED) is 0.401. The van der Waals surface area contributed by atoms with E-state index in [1.54, 1.807) is 12.1 Å². The molecule has 0 spiro atoms. The van der Waals surface area contributed by atoms with Crippen LogP contribution in [-0.4, -0.2) is 42.4 Å².